The van der Waals surface area contributed by atoms with Gasteiger partial charge in [0, 0.05) is 31.9 Å². The van der Waals surface area contributed by atoms with Crippen LogP contribution < -0.4 is 0 Å². The number of aromatic nitrogens is 1. The van der Waals surface area contributed by atoms with Gasteiger partial charge < -0.3 is 5.11 Å². The number of benzene rings is 1. The van der Waals surface area contributed by atoms with Crippen LogP contribution in [0.25, 0.3) is 0 Å². The average Bonchev–Trinajstić information content (AvgIpc) is 2.32. The fourth-order valence-electron chi connectivity index (χ4n) is 1.67. The van der Waals surface area contributed by atoms with Gasteiger partial charge in [-0.15, -0.1) is 0 Å². The highest BCUT2D eigenvalue weighted by Gasteiger charge is 2.13. The molecule has 1 aromatic carbocycles. The van der Waals surface area contributed by atoms with Crippen molar-refractivity contribution in [3.63, 3.8) is 0 Å². The van der Waals surface area contributed by atoms with E-state index in [1.807, 2.05) is 18.2 Å². The van der Waals surface area contributed by atoms with Crippen LogP contribution in [0.4, 0.5) is 0 Å². The summed E-state index contributed by atoms with van der Waals surface area (Å²) >= 11 is 11.5. The molecule has 1 unspecified atom stereocenters. The largest absolute Gasteiger partial charge is 0.388 e. The van der Waals surface area contributed by atoms with Crippen LogP contribution in [-0.4, -0.2) is 10.1 Å². The molecular weight excluding hydrogens is 428 g/mol. The second kappa shape index (κ2) is 6.32. The lowest BCUT2D eigenvalue weighted by atomic mass is 10.0. The number of halogens is 3. The number of pyridine rings is 1. The van der Waals surface area contributed by atoms with Gasteiger partial charge in [-0.3, -0.25) is 4.98 Å². The van der Waals surface area contributed by atoms with Gasteiger partial charge in [0.25, 0.3) is 0 Å². The molecule has 5 heteroatoms. The fourth-order valence-corrected chi connectivity index (χ4v) is 2.96. The normalized spacial score (nSPS) is 12.4. The number of aliphatic hydroxyl groups excluding tert-OH is 1. The smallest absolute Gasteiger partial charge is 0.0841 e. The molecule has 1 aromatic heterocycles. The van der Waals surface area contributed by atoms with E-state index in [1.54, 1.807) is 18.5 Å². The van der Waals surface area contributed by atoms with Crippen LogP contribution in [-0.2, 0) is 6.42 Å². The molecule has 0 saturated carbocycles. The Hall–Kier alpha value is -0.170. The quantitative estimate of drug-likeness (QED) is 0.722. The lowest BCUT2D eigenvalue weighted by Crippen LogP contribution is -2.04. The zero-order valence-corrected chi connectivity index (χ0v) is 13.8. The number of rotatable bonds is 3. The summed E-state index contributed by atoms with van der Waals surface area (Å²) in [5.74, 6) is 0. The van der Waals surface area contributed by atoms with E-state index in [4.69, 9.17) is 11.6 Å². The van der Waals surface area contributed by atoms with Crippen LogP contribution in [0.5, 0.6) is 0 Å². The molecule has 94 valence electrons. The maximum absolute atomic E-state index is 10.3. The average molecular weight is 438 g/mol. The molecule has 1 heterocycles. The van der Waals surface area contributed by atoms with E-state index in [9.17, 15) is 5.11 Å². The van der Waals surface area contributed by atoms with Crippen molar-refractivity contribution in [1.82, 2.24) is 4.98 Å². The monoisotopic (exact) mass is 437 g/mol. The summed E-state index contributed by atoms with van der Waals surface area (Å²) in [5, 5.41) is 10.9. The van der Waals surface area contributed by atoms with Crippen molar-refractivity contribution >= 4 is 50.1 Å². The van der Waals surface area contributed by atoms with Crippen molar-refractivity contribution in [3.05, 3.63) is 60.9 Å². The van der Waals surface area contributed by atoms with Gasteiger partial charge in [0.2, 0.25) is 0 Å². The zero-order chi connectivity index (χ0) is 13.1. The van der Waals surface area contributed by atoms with Gasteiger partial charge in [0.1, 0.15) is 0 Å². The summed E-state index contributed by atoms with van der Waals surface area (Å²) < 4.78 is 1.92. The SMILES string of the molecule is OC(Cc1cncc(Br)c1)c1cc(Cl)ccc1I. The number of hydrogen-bond acceptors (Lipinski definition) is 2. The standard InChI is InChI=1S/C13H10BrClINO/c14-9-3-8(6-17-7-9)4-13(18)11-5-10(15)1-2-12(11)16/h1-3,5-7,13,18H,4H2. The molecule has 1 atom stereocenters. The number of hydrogen-bond donors (Lipinski definition) is 1. The fraction of sp³-hybridized carbons (Fsp3) is 0.154. The number of nitrogens with zero attached hydrogens (tertiary/aromatic N) is 1. The molecule has 0 aliphatic rings. The van der Waals surface area contributed by atoms with Crippen molar-refractivity contribution < 1.29 is 5.11 Å². The first-order valence-corrected chi connectivity index (χ1v) is 7.53. The minimum Gasteiger partial charge on any atom is -0.388 e. The van der Waals surface area contributed by atoms with Crippen LogP contribution in [0, 0.1) is 3.57 Å². The molecule has 0 aliphatic carbocycles. The van der Waals surface area contributed by atoms with Gasteiger partial charge in [-0.2, -0.15) is 0 Å². The van der Waals surface area contributed by atoms with Gasteiger partial charge >= 0.3 is 0 Å². The Morgan fingerprint density at radius 1 is 1.33 bits per heavy atom. The third kappa shape index (κ3) is 3.66. The highest BCUT2D eigenvalue weighted by molar-refractivity contribution is 14.1. The molecule has 0 aliphatic heterocycles. The van der Waals surface area contributed by atoms with E-state index in [-0.39, 0.29) is 0 Å². The third-order valence-electron chi connectivity index (χ3n) is 2.51. The molecule has 0 radical (unpaired) electrons. The molecule has 0 amide bonds. The zero-order valence-electron chi connectivity index (χ0n) is 9.28. The van der Waals surface area contributed by atoms with E-state index in [2.05, 4.69) is 43.5 Å². The first kappa shape index (κ1) is 14.2. The van der Waals surface area contributed by atoms with E-state index < -0.39 is 6.10 Å². The second-order valence-electron chi connectivity index (χ2n) is 3.90. The van der Waals surface area contributed by atoms with Crippen molar-refractivity contribution in [2.24, 2.45) is 0 Å². The molecule has 0 saturated heterocycles. The molecular formula is C13H10BrClINO. The summed E-state index contributed by atoms with van der Waals surface area (Å²) in [6.07, 6.45) is 3.42. The van der Waals surface area contributed by atoms with E-state index in [0.717, 1.165) is 19.2 Å². The van der Waals surface area contributed by atoms with Crippen LogP contribution in [0.15, 0.2) is 41.1 Å². The Morgan fingerprint density at radius 2 is 2.11 bits per heavy atom. The Bertz CT molecular complexity index is 564. The Kier molecular flexibility index (Phi) is 5.00. The van der Waals surface area contributed by atoms with Crippen molar-refractivity contribution in [1.29, 1.82) is 0 Å². The maximum atomic E-state index is 10.3. The molecule has 0 spiro atoms. The van der Waals surface area contributed by atoms with Crippen LogP contribution in [0.3, 0.4) is 0 Å². The molecule has 0 fully saturated rings. The molecule has 0 bridgehead atoms. The Labute approximate surface area is 133 Å². The van der Waals surface area contributed by atoms with Crippen LogP contribution in [0.1, 0.15) is 17.2 Å². The molecule has 2 aromatic rings. The summed E-state index contributed by atoms with van der Waals surface area (Å²) in [6, 6.07) is 7.48. The Balaban J connectivity index is 2.21. The van der Waals surface area contributed by atoms with Crippen molar-refractivity contribution in [3.8, 4) is 0 Å². The summed E-state index contributed by atoms with van der Waals surface area (Å²) in [4.78, 5) is 4.08. The minimum atomic E-state index is -0.577. The van der Waals surface area contributed by atoms with Crippen molar-refractivity contribution in [2.45, 2.75) is 12.5 Å². The van der Waals surface area contributed by atoms with Crippen LogP contribution in [0.2, 0.25) is 5.02 Å². The van der Waals surface area contributed by atoms with Gasteiger partial charge in [0.15, 0.2) is 0 Å². The molecule has 2 nitrogen and oxygen atoms in total. The van der Waals surface area contributed by atoms with E-state index >= 15 is 0 Å². The summed E-state index contributed by atoms with van der Waals surface area (Å²) in [5.41, 5.74) is 1.83. The molecule has 18 heavy (non-hydrogen) atoms. The van der Waals surface area contributed by atoms with Crippen LogP contribution >= 0.6 is 50.1 Å². The van der Waals surface area contributed by atoms with E-state index in [1.165, 1.54) is 0 Å². The minimum absolute atomic E-state index is 0.517. The highest BCUT2D eigenvalue weighted by Crippen LogP contribution is 2.26. The van der Waals surface area contributed by atoms with Gasteiger partial charge in [-0.1, -0.05) is 11.6 Å². The Morgan fingerprint density at radius 3 is 2.83 bits per heavy atom. The highest BCUT2D eigenvalue weighted by atomic mass is 127. The molecule has 2 rings (SSSR count). The lowest BCUT2D eigenvalue weighted by Gasteiger charge is -2.13. The van der Waals surface area contributed by atoms with Gasteiger partial charge in [-0.05, 0) is 73.9 Å². The topological polar surface area (TPSA) is 33.1 Å². The predicted octanol–water partition coefficient (Wildman–Crippen LogP) is 4.38. The molecule has 1 N–H and O–H groups in total. The lowest BCUT2D eigenvalue weighted by molar-refractivity contribution is 0.177. The predicted molar refractivity (Wildman–Crippen MR) is 84.8 cm³/mol. The first-order chi connectivity index (χ1) is 8.56. The second-order valence-corrected chi connectivity index (χ2v) is 6.41. The number of aliphatic hydroxyl groups is 1. The van der Waals surface area contributed by atoms with Gasteiger partial charge in [0.05, 0.1) is 6.10 Å². The van der Waals surface area contributed by atoms with Crippen molar-refractivity contribution in [2.75, 3.05) is 0 Å². The van der Waals surface area contributed by atoms with Gasteiger partial charge in [-0.25, -0.2) is 0 Å². The summed E-state index contributed by atoms with van der Waals surface area (Å²) in [6.45, 7) is 0. The third-order valence-corrected chi connectivity index (χ3v) is 4.16. The summed E-state index contributed by atoms with van der Waals surface area (Å²) in [7, 11) is 0. The first-order valence-electron chi connectivity index (χ1n) is 5.28. The maximum Gasteiger partial charge on any atom is 0.0841 e. The van der Waals surface area contributed by atoms with E-state index in [0.29, 0.717) is 11.4 Å².